The number of hydrogen-bond donors (Lipinski definition) is 3. The number of unbranched alkanes of at least 4 members (excludes halogenated alkanes) is 1. The lowest BCUT2D eigenvalue weighted by Gasteiger charge is -2.15. The lowest BCUT2D eigenvalue weighted by Crippen LogP contribution is -2.31. The van der Waals surface area contributed by atoms with Crippen molar-refractivity contribution in [1.29, 1.82) is 0 Å². The largest absolute Gasteiger partial charge is 0.418 e. The average molecular weight is 741 g/mol. The molecule has 1 heterocycles. The second-order valence-corrected chi connectivity index (χ2v) is 13.5. The molecule has 0 aliphatic carbocycles. The number of carbonyl (C=O) groups is 2. The van der Waals surface area contributed by atoms with Crippen molar-refractivity contribution in [3.8, 4) is 16.8 Å². The van der Waals surface area contributed by atoms with Gasteiger partial charge < -0.3 is 5.32 Å². The van der Waals surface area contributed by atoms with Crippen LogP contribution in [0.25, 0.3) is 16.8 Å². The Bertz CT molecular complexity index is 2320. The number of hydrogen-bond acceptors (Lipinski definition) is 5. The molecule has 0 aliphatic rings. The lowest BCUT2D eigenvalue weighted by molar-refractivity contribution is -0.137. The molecule has 1 aromatic heterocycles. The number of anilines is 1. The molecule has 3 N–H and O–H groups in total. The van der Waals surface area contributed by atoms with Gasteiger partial charge in [0.15, 0.2) is 0 Å². The van der Waals surface area contributed by atoms with Crippen molar-refractivity contribution < 1.29 is 40.0 Å². The molecule has 0 unspecified atom stereocenters. The smallest absolute Gasteiger partial charge is 0.326 e. The molecule has 4 aromatic carbocycles. The van der Waals surface area contributed by atoms with Crippen LogP contribution >= 0.6 is 0 Å². The summed E-state index contributed by atoms with van der Waals surface area (Å²) in [6, 6.07) is 17.0. The molecule has 0 atom stereocenters. The van der Waals surface area contributed by atoms with Gasteiger partial charge in [0.25, 0.3) is 21.5 Å². The third-order valence-corrected chi connectivity index (χ3v) is 9.64. The minimum absolute atomic E-state index is 0.00190. The van der Waals surface area contributed by atoms with Gasteiger partial charge in [-0.25, -0.2) is 26.6 Å². The third-order valence-electron chi connectivity index (χ3n) is 8.25. The van der Waals surface area contributed by atoms with Crippen LogP contribution in [0.1, 0.15) is 65.9 Å². The minimum atomic E-state index is -4.86. The molecule has 15 heteroatoms. The van der Waals surface area contributed by atoms with Gasteiger partial charge in [-0.05, 0) is 66.4 Å². The Morgan fingerprint density at radius 2 is 1.60 bits per heavy atom. The average Bonchev–Trinajstić information content (AvgIpc) is 3.41. The maximum atomic E-state index is 15.8. The van der Waals surface area contributed by atoms with Crippen molar-refractivity contribution >= 4 is 27.5 Å². The predicted octanol–water partition coefficient (Wildman–Crippen LogP) is 7.53. The van der Waals surface area contributed by atoms with E-state index in [1.54, 1.807) is 6.92 Å². The first-order chi connectivity index (χ1) is 24.6. The van der Waals surface area contributed by atoms with Gasteiger partial charge in [-0.1, -0.05) is 62.7 Å². The van der Waals surface area contributed by atoms with E-state index in [0.717, 1.165) is 41.1 Å². The number of benzene rings is 4. The van der Waals surface area contributed by atoms with Crippen LogP contribution in [0.5, 0.6) is 0 Å². The molecule has 0 bridgehead atoms. The lowest BCUT2D eigenvalue weighted by atomic mass is 9.98. The van der Waals surface area contributed by atoms with E-state index < -0.39 is 62.0 Å². The number of nitrogens with zero attached hydrogens (tertiary/aromatic N) is 1. The highest BCUT2D eigenvalue weighted by Gasteiger charge is 2.35. The van der Waals surface area contributed by atoms with Gasteiger partial charge in [0.2, 0.25) is 5.91 Å². The van der Waals surface area contributed by atoms with Crippen molar-refractivity contribution in [2.24, 2.45) is 0 Å². The van der Waals surface area contributed by atoms with Gasteiger partial charge >= 0.3 is 6.18 Å². The fourth-order valence-corrected chi connectivity index (χ4v) is 6.78. The molecule has 52 heavy (non-hydrogen) atoms. The zero-order valence-electron chi connectivity index (χ0n) is 27.9. The number of sulfonamides is 1. The summed E-state index contributed by atoms with van der Waals surface area (Å²) in [7, 11) is -4.58. The molecule has 9 nitrogen and oxygen atoms in total. The number of aryl methyl sites for hydroxylation is 1. The summed E-state index contributed by atoms with van der Waals surface area (Å²) < 4.78 is 102. The number of rotatable bonds is 12. The number of carbonyl (C=O) groups excluding carboxylic acids is 2. The molecule has 0 fully saturated rings. The van der Waals surface area contributed by atoms with Gasteiger partial charge in [-0.2, -0.15) is 13.2 Å². The third kappa shape index (κ3) is 8.15. The number of aromatic nitrogens is 2. The Morgan fingerprint density at radius 3 is 2.27 bits per heavy atom. The summed E-state index contributed by atoms with van der Waals surface area (Å²) in [6.07, 6.45) is -3.59. The highest BCUT2D eigenvalue weighted by molar-refractivity contribution is 7.90. The summed E-state index contributed by atoms with van der Waals surface area (Å²) >= 11 is 0. The van der Waals surface area contributed by atoms with E-state index in [2.05, 4.69) is 10.4 Å². The van der Waals surface area contributed by atoms with Gasteiger partial charge in [0.05, 0.1) is 21.7 Å². The van der Waals surface area contributed by atoms with Crippen LogP contribution in [0.3, 0.4) is 0 Å². The van der Waals surface area contributed by atoms with Crippen LogP contribution in [-0.2, 0) is 33.8 Å². The maximum Gasteiger partial charge on any atom is 0.418 e. The zero-order chi connectivity index (χ0) is 37.8. The van der Waals surface area contributed by atoms with Crippen molar-refractivity contribution in [2.75, 3.05) is 5.32 Å². The molecule has 0 saturated carbocycles. The minimum Gasteiger partial charge on any atom is -0.326 e. The summed E-state index contributed by atoms with van der Waals surface area (Å²) in [5.74, 6) is -3.41. The molecule has 0 aliphatic heterocycles. The van der Waals surface area contributed by atoms with E-state index in [4.69, 9.17) is 0 Å². The van der Waals surface area contributed by atoms with Crippen molar-refractivity contribution in [3.05, 3.63) is 135 Å². The first-order valence-electron chi connectivity index (χ1n) is 16.2. The molecule has 0 radical (unpaired) electrons. The summed E-state index contributed by atoms with van der Waals surface area (Å²) in [4.78, 5) is 38.0. The number of halogens is 5. The maximum absolute atomic E-state index is 15.8. The Kier molecular flexibility index (Phi) is 11.1. The van der Waals surface area contributed by atoms with E-state index in [-0.39, 0.29) is 52.1 Å². The van der Waals surface area contributed by atoms with Gasteiger partial charge in [0.1, 0.15) is 11.6 Å². The van der Waals surface area contributed by atoms with Crippen LogP contribution < -0.4 is 15.6 Å². The topological polar surface area (TPSA) is 130 Å². The van der Waals surface area contributed by atoms with Crippen LogP contribution in [0.2, 0.25) is 0 Å². The van der Waals surface area contributed by atoms with Crippen molar-refractivity contribution in [2.45, 2.75) is 57.0 Å². The van der Waals surface area contributed by atoms with Crippen molar-refractivity contribution in [3.63, 3.8) is 0 Å². The molecule has 5 rings (SSSR count). The number of nitrogens with one attached hydrogen (secondary N) is 3. The number of alkyl halides is 3. The van der Waals surface area contributed by atoms with Crippen LogP contribution in [0.15, 0.2) is 94.6 Å². The first-order valence-corrected chi connectivity index (χ1v) is 17.7. The van der Waals surface area contributed by atoms with E-state index in [1.165, 1.54) is 48.5 Å². The normalized spacial score (nSPS) is 11.8. The summed E-state index contributed by atoms with van der Waals surface area (Å²) in [5.41, 5.74) is -2.54. The van der Waals surface area contributed by atoms with Crippen LogP contribution in [-0.4, -0.2) is 30.0 Å². The zero-order valence-corrected chi connectivity index (χ0v) is 28.7. The quantitative estimate of drug-likeness (QED) is 0.114. The molecule has 2 amide bonds. The number of aromatic amines is 1. The molecule has 0 saturated heterocycles. The molecular weight excluding hydrogens is 707 g/mol. The van der Waals surface area contributed by atoms with Gasteiger partial charge in [-0.3, -0.25) is 19.5 Å². The van der Waals surface area contributed by atoms with E-state index >= 15 is 4.39 Å². The van der Waals surface area contributed by atoms with Crippen molar-refractivity contribution in [1.82, 2.24) is 14.5 Å². The number of H-pyrrole nitrogens is 1. The fourth-order valence-electron chi connectivity index (χ4n) is 5.58. The predicted molar refractivity (Wildman–Crippen MR) is 185 cm³/mol. The fraction of sp³-hybridized carbons (Fsp3) is 0.216. The Morgan fingerprint density at radius 1 is 0.885 bits per heavy atom. The molecule has 0 spiro atoms. The molecular formula is C37H33F5N4O5S. The summed E-state index contributed by atoms with van der Waals surface area (Å²) in [5, 5.41) is 5.28. The second-order valence-electron chi connectivity index (χ2n) is 11.8. The Balaban J connectivity index is 1.52. The molecule has 5 aromatic rings. The van der Waals surface area contributed by atoms with E-state index in [1.807, 2.05) is 11.6 Å². The monoisotopic (exact) mass is 740 g/mol. The molecule has 272 valence electrons. The number of amides is 2. The highest BCUT2D eigenvalue weighted by atomic mass is 32.2. The first kappa shape index (κ1) is 37.7. The Labute approximate surface area is 295 Å². The van der Waals surface area contributed by atoms with E-state index in [9.17, 15) is 40.4 Å². The summed E-state index contributed by atoms with van der Waals surface area (Å²) in [6.45, 7) is 3.46. The SMILES string of the molecule is CCCCc1[nH]n(-c2cc(NC(=O)CC)ccc2C(F)(F)F)c(=O)c1Cc1ccc(-c2ccccc2S(=O)(=O)NC(=O)c2ccccc2F)cc1F. The van der Waals surface area contributed by atoms with Gasteiger partial charge in [0, 0.05) is 35.3 Å². The van der Waals surface area contributed by atoms with Gasteiger partial charge in [-0.15, -0.1) is 0 Å². The highest BCUT2D eigenvalue weighted by Crippen LogP contribution is 2.35. The van der Waals surface area contributed by atoms with Crippen LogP contribution in [0.4, 0.5) is 27.6 Å². The standard InChI is InChI=1S/C37H33F5N4O5S/c1-3-5-13-31-27(36(49)46(44-31)32-21-24(43-34(47)4-2)17-18-28(32)37(40,41)42)19-23-16-15-22(20-30(23)39)25-10-7-9-14-33(25)52(50,51)45-35(48)26-11-6-8-12-29(26)38/h6-12,14-18,20-21,44H,3-5,13,19H2,1-2H3,(H,43,47)(H,45,48). The van der Waals surface area contributed by atoms with Crippen LogP contribution in [0, 0.1) is 11.6 Å². The Hall–Kier alpha value is -5.57. The van der Waals surface area contributed by atoms with E-state index in [0.29, 0.717) is 18.5 Å². The second kappa shape index (κ2) is 15.4.